The first-order chi connectivity index (χ1) is 4.57. The van der Waals surface area contributed by atoms with Crippen molar-refractivity contribution in [1.29, 1.82) is 0 Å². The average Bonchev–Trinajstić information content (AvgIpc) is 1.85. The van der Waals surface area contributed by atoms with Crippen LogP contribution >= 0.6 is 0 Å². The second-order valence-electron chi connectivity index (χ2n) is 1.73. The van der Waals surface area contributed by atoms with Gasteiger partial charge >= 0.3 is 5.97 Å². The maximum atomic E-state index is 10.7. The van der Waals surface area contributed by atoms with E-state index in [4.69, 9.17) is 0 Å². The Bertz CT molecular complexity index is 174. The molecule has 0 N–H and O–H groups in total. The molecule has 0 aliphatic rings. The van der Waals surface area contributed by atoms with Crippen molar-refractivity contribution < 1.29 is 13.2 Å². The van der Waals surface area contributed by atoms with Crippen LogP contribution in [0.15, 0.2) is 12.2 Å². The molecule has 1 atom stereocenters. The summed E-state index contributed by atoms with van der Waals surface area (Å²) in [6.07, 6.45) is 1.82. The van der Waals surface area contributed by atoms with E-state index in [-0.39, 0.29) is 0 Å². The van der Waals surface area contributed by atoms with E-state index in [0.717, 1.165) is 0 Å². The molecule has 0 saturated heterocycles. The normalized spacial score (nSPS) is 12.2. The van der Waals surface area contributed by atoms with Gasteiger partial charge in [0.05, 0.1) is 0 Å². The molecule has 0 aliphatic heterocycles. The van der Waals surface area contributed by atoms with E-state index in [9.17, 15) is 9.00 Å². The highest BCUT2D eigenvalue weighted by Crippen LogP contribution is 1.99. The molecule has 0 aromatic heterocycles. The minimum absolute atomic E-state index is 0.343. The first-order valence-corrected chi connectivity index (χ1v) is 4.30. The Morgan fingerprint density at radius 1 is 1.70 bits per heavy atom. The van der Waals surface area contributed by atoms with Crippen LogP contribution in [0.25, 0.3) is 0 Å². The second kappa shape index (κ2) is 4.22. The third-order valence-electron chi connectivity index (χ3n) is 0.908. The fraction of sp³-hybridized carbons (Fsp3) is 0.500. The van der Waals surface area contributed by atoms with Crippen molar-refractivity contribution in [3.05, 3.63) is 12.2 Å². The van der Waals surface area contributed by atoms with Crippen LogP contribution in [0.2, 0.25) is 0 Å². The maximum Gasteiger partial charge on any atom is 0.347 e. The summed E-state index contributed by atoms with van der Waals surface area (Å²) in [5.74, 6) is -0.580. The summed E-state index contributed by atoms with van der Waals surface area (Å²) in [6, 6.07) is 0. The zero-order valence-corrected chi connectivity index (χ0v) is 6.86. The molecular weight excluding hydrogens is 152 g/mol. The van der Waals surface area contributed by atoms with Crippen molar-refractivity contribution in [2.75, 3.05) is 6.26 Å². The third kappa shape index (κ3) is 3.40. The minimum atomic E-state index is -1.53. The molecular formula is C6H10O3S. The van der Waals surface area contributed by atoms with Crippen molar-refractivity contribution in [2.45, 2.75) is 13.3 Å². The van der Waals surface area contributed by atoms with Gasteiger partial charge in [-0.2, -0.15) is 0 Å². The standard InChI is InChI=1S/C6H10O3S/c1-4-5(2)6(7)9-10(3)8/h2,4H2,1,3H3. The molecule has 0 aliphatic carbocycles. The number of carbonyl (C=O) groups is 1. The van der Waals surface area contributed by atoms with Gasteiger partial charge in [-0.25, -0.2) is 9.00 Å². The van der Waals surface area contributed by atoms with Crippen molar-refractivity contribution in [2.24, 2.45) is 0 Å². The summed E-state index contributed by atoms with van der Waals surface area (Å²) < 4.78 is 14.6. The van der Waals surface area contributed by atoms with Crippen LogP contribution in [-0.4, -0.2) is 16.4 Å². The van der Waals surface area contributed by atoms with Crippen LogP contribution in [0.3, 0.4) is 0 Å². The lowest BCUT2D eigenvalue weighted by Gasteiger charge is -1.98. The second-order valence-corrected chi connectivity index (χ2v) is 2.70. The van der Waals surface area contributed by atoms with Gasteiger partial charge < -0.3 is 4.18 Å². The first-order valence-electron chi connectivity index (χ1n) is 2.81. The molecule has 4 heteroatoms. The quantitative estimate of drug-likeness (QED) is 0.576. The van der Waals surface area contributed by atoms with Crippen molar-refractivity contribution in [3.63, 3.8) is 0 Å². The van der Waals surface area contributed by atoms with Gasteiger partial charge in [-0.05, 0) is 6.42 Å². The molecule has 0 saturated carbocycles. The fourth-order valence-corrected chi connectivity index (χ4v) is 0.641. The molecule has 0 spiro atoms. The number of carbonyl (C=O) groups excluding carboxylic acids is 1. The molecule has 0 radical (unpaired) electrons. The molecule has 0 aromatic carbocycles. The summed E-state index contributed by atoms with van der Waals surface area (Å²) in [4.78, 5) is 10.7. The Balaban J connectivity index is 3.86. The van der Waals surface area contributed by atoms with E-state index in [1.54, 1.807) is 6.92 Å². The van der Waals surface area contributed by atoms with E-state index < -0.39 is 17.0 Å². The minimum Gasteiger partial charge on any atom is -0.361 e. The molecule has 0 bridgehead atoms. The molecule has 1 unspecified atom stereocenters. The lowest BCUT2D eigenvalue weighted by Crippen LogP contribution is -2.07. The van der Waals surface area contributed by atoms with Crippen LogP contribution in [0.1, 0.15) is 13.3 Å². The molecule has 0 rings (SSSR count). The molecule has 0 aromatic rings. The zero-order valence-electron chi connectivity index (χ0n) is 6.05. The molecule has 0 heterocycles. The van der Waals surface area contributed by atoms with E-state index in [2.05, 4.69) is 10.8 Å². The molecule has 10 heavy (non-hydrogen) atoms. The van der Waals surface area contributed by atoms with E-state index in [1.165, 1.54) is 6.26 Å². The van der Waals surface area contributed by atoms with Crippen LogP contribution in [0, 0.1) is 0 Å². The molecule has 0 amide bonds. The van der Waals surface area contributed by atoms with Crippen molar-refractivity contribution >= 4 is 17.0 Å². The number of rotatable bonds is 3. The average molecular weight is 162 g/mol. The van der Waals surface area contributed by atoms with E-state index in [1.807, 2.05) is 0 Å². The van der Waals surface area contributed by atoms with Gasteiger partial charge in [0.25, 0.3) is 0 Å². The van der Waals surface area contributed by atoms with Gasteiger partial charge in [-0.1, -0.05) is 13.5 Å². The highest BCUT2D eigenvalue weighted by Gasteiger charge is 2.07. The van der Waals surface area contributed by atoms with Crippen LogP contribution < -0.4 is 0 Å². The summed E-state index contributed by atoms with van der Waals surface area (Å²) in [6.45, 7) is 5.20. The predicted octanol–water partition coefficient (Wildman–Crippen LogP) is 0.789. The summed E-state index contributed by atoms with van der Waals surface area (Å²) in [5, 5.41) is 0. The van der Waals surface area contributed by atoms with E-state index in [0.29, 0.717) is 12.0 Å². The van der Waals surface area contributed by atoms with Gasteiger partial charge in [0.1, 0.15) is 0 Å². The SMILES string of the molecule is C=C(CC)C(=O)OS(C)=O. The van der Waals surface area contributed by atoms with Crippen LogP contribution in [0.4, 0.5) is 0 Å². The van der Waals surface area contributed by atoms with Crippen LogP contribution in [-0.2, 0) is 20.1 Å². The summed E-state index contributed by atoms with van der Waals surface area (Å²) in [7, 11) is 0. The summed E-state index contributed by atoms with van der Waals surface area (Å²) >= 11 is -1.53. The monoisotopic (exact) mass is 162 g/mol. The molecule has 0 fully saturated rings. The third-order valence-corrected chi connectivity index (χ3v) is 1.29. The van der Waals surface area contributed by atoms with Gasteiger partial charge in [-0.3, -0.25) is 0 Å². The van der Waals surface area contributed by atoms with Gasteiger partial charge in [0.2, 0.25) is 11.1 Å². The van der Waals surface area contributed by atoms with Gasteiger partial charge in [0.15, 0.2) is 0 Å². The molecule has 58 valence electrons. The highest BCUT2D eigenvalue weighted by molar-refractivity contribution is 7.79. The van der Waals surface area contributed by atoms with Crippen LogP contribution in [0.5, 0.6) is 0 Å². The first kappa shape index (κ1) is 9.36. The van der Waals surface area contributed by atoms with Crippen molar-refractivity contribution in [1.82, 2.24) is 0 Å². The summed E-state index contributed by atoms with van der Waals surface area (Å²) in [5.41, 5.74) is 0.343. The largest absolute Gasteiger partial charge is 0.361 e. The Kier molecular flexibility index (Phi) is 3.95. The fourth-order valence-electron chi connectivity index (χ4n) is 0.310. The smallest absolute Gasteiger partial charge is 0.347 e. The Labute approximate surface area is 62.7 Å². The Hall–Kier alpha value is -0.640. The lowest BCUT2D eigenvalue weighted by molar-refractivity contribution is -0.129. The van der Waals surface area contributed by atoms with Gasteiger partial charge in [0, 0.05) is 11.8 Å². The van der Waals surface area contributed by atoms with Gasteiger partial charge in [-0.15, -0.1) is 0 Å². The number of hydrogen-bond acceptors (Lipinski definition) is 3. The van der Waals surface area contributed by atoms with E-state index >= 15 is 0 Å². The predicted molar refractivity (Wildman–Crippen MR) is 39.6 cm³/mol. The Morgan fingerprint density at radius 3 is 2.50 bits per heavy atom. The molecule has 3 nitrogen and oxygen atoms in total. The zero-order chi connectivity index (χ0) is 8.15. The topological polar surface area (TPSA) is 43.4 Å². The Morgan fingerprint density at radius 2 is 2.20 bits per heavy atom. The van der Waals surface area contributed by atoms with Crippen molar-refractivity contribution in [3.8, 4) is 0 Å². The number of hydrogen-bond donors (Lipinski definition) is 0. The lowest BCUT2D eigenvalue weighted by atomic mass is 10.2. The highest BCUT2D eigenvalue weighted by atomic mass is 32.2. The maximum absolute atomic E-state index is 10.7.